The van der Waals surface area contributed by atoms with Crippen molar-refractivity contribution in [1.29, 1.82) is 0 Å². The van der Waals surface area contributed by atoms with Gasteiger partial charge in [0.15, 0.2) is 11.8 Å². The highest BCUT2D eigenvalue weighted by atomic mass is 32.2. The summed E-state index contributed by atoms with van der Waals surface area (Å²) in [6.07, 6.45) is 0. The van der Waals surface area contributed by atoms with Crippen molar-refractivity contribution in [3.8, 4) is 17.2 Å². The van der Waals surface area contributed by atoms with Crippen molar-refractivity contribution >= 4 is 86.9 Å². The molecular weight excluding hydrogens is 893 g/mol. The molecule has 0 bridgehead atoms. The monoisotopic (exact) mass is 926 g/mol. The number of aryl methyl sites for hydroxylation is 1. The van der Waals surface area contributed by atoms with Gasteiger partial charge in [0, 0.05) is 17.5 Å². The van der Waals surface area contributed by atoms with Gasteiger partial charge in [-0.05, 0) is 85.5 Å². The lowest BCUT2D eigenvalue weighted by atomic mass is 10.1. The van der Waals surface area contributed by atoms with Crippen LogP contribution in [0.25, 0.3) is 10.8 Å². The number of azo groups is 3. The Morgan fingerprint density at radius 2 is 1.25 bits per heavy atom. The molecule has 1 unspecified atom stereocenters. The zero-order chi connectivity index (χ0) is 45.9. The second-order valence-electron chi connectivity index (χ2n) is 13.2. The van der Waals surface area contributed by atoms with Crippen molar-refractivity contribution in [2.45, 2.75) is 34.6 Å². The zero-order valence-corrected chi connectivity index (χ0v) is 35.0. The molecule has 0 saturated carbocycles. The normalized spacial score (nSPS) is 15.0. The Morgan fingerprint density at radius 3 is 1.83 bits per heavy atom. The molecular formula is C37H34N8O15S3. The molecule has 23 nitrogen and oxygen atoms in total. The Labute approximate surface area is 357 Å². The lowest BCUT2D eigenvalue weighted by molar-refractivity contribution is -0.117. The van der Waals surface area contributed by atoms with E-state index in [4.69, 9.17) is 9.47 Å². The maximum absolute atomic E-state index is 13.2. The number of hydrazone groups is 1. The minimum Gasteiger partial charge on any atom is -0.505 e. The number of phenolic OH excluding ortho intramolecular Hbond substituents is 1. The van der Waals surface area contributed by atoms with Gasteiger partial charge < -0.3 is 24.8 Å². The third kappa shape index (κ3) is 10.5. The molecule has 5 aromatic carbocycles. The molecule has 0 saturated heterocycles. The Balaban J connectivity index is 1.34. The van der Waals surface area contributed by atoms with E-state index < -0.39 is 81.6 Å². The third-order valence-corrected chi connectivity index (χ3v) is 11.3. The quantitative estimate of drug-likeness (QED) is 0.0485. The van der Waals surface area contributed by atoms with E-state index in [0.29, 0.717) is 5.56 Å². The van der Waals surface area contributed by atoms with Gasteiger partial charge in [0.05, 0.1) is 35.2 Å². The highest BCUT2D eigenvalue weighted by Crippen LogP contribution is 2.45. The van der Waals surface area contributed by atoms with Gasteiger partial charge in [0.2, 0.25) is 0 Å². The first kappa shape index (κ1) is 45.9. The van der Waals surface area contributed by atoms with Crippen molar-refractivity contribution in [3.63, 3.8) is 0 Å². The molecule has 0 radical (unpaired) electrons. The summed E-state index contributed by atoms with van der Waals surface area (Å²) in [6, 6.07) is 14.8. The predicted molar refractivity (Wildman–Crippen MR) is 222 cm³/mol. The van der Waals surface area contributed by atoms with Crippen LogP contribution in [0.1, 0.15) is 12.5 Å². The van der Waals surface area contributed by atoms with Crippen molar-refractivity contribution < 1.29 is 68.5 Å². The molecule has 26 heteroatoms. The first-order chi connectivity index (χ1) is 29.7. The summed E-state index contributed by atoms with van der Waals surface area (Å²) in [5.41, 5.74) is -0.337. The van der Waals surface area contributed by atoms with Crippen molar-refractivity contribution in [1.82, 2.24) is 0 Å². The van der Waals surface area contributed by atoms with E-state index in [9.17, 15) is 59.0 Å². The number of carbonyl (C=O) groups is 1. The van der Waals surface area contributed by atoms with E-state index >= 15 is 0 Å². The number of benzene rings is 5. The fourth-order valence-electron chi connectivity index (χ4n) is 5.81. The number of rotatable bonds is 16. The van der Waals surface area contributed by atoms with E-state index in [1.807, 2.05) is 0 Å². The summed E-state index contributed by atoms with van der Waals surface area (Å²) in [5.74, 6) is -1.71. The van der Waals surface area contributed by atoms with Gasteiger partial charge in [-0.25, -0.2) is 0 Å². The average molecular weight is 927 g/mol. The van der Waals surface area contributed by atoms with Gasteiger partial charge in [0.25, 0.3) is 36.3 Å². The van der Waals surface area contributed by atoms with Crippen LogP contribution in [0.3, 0.4) is 0 Å². The summed E-state index contributed by atoms with van der Waals surface area (Å²) in [7, 11) is -14.3. The number of phenols is 1. The number of ether oxygens (including phenoxy) is 2. The fourth-order valence-corrected chi connectivity index (χ4v) is 7.66. The number of nitrogens with zero attached hydrogens (tertiary/aromatic N) is 8. The maximum atomic E-state index is 13.2. The Hall–Kier alpha value is -6.65. The fraction of sp³-hybridized carbons (Fsp3) is 0.189. The Morgan fingerprint density at radius 1 is 0.667 bits per heavy atom. The molecule has 5 aromatic rings. The number of aliphatic hydroxyl groups excluding tert-OH is 2. The van der Waals surface area contributed by atoms with Crippen LogP contribution >= 0.6 is 0 Å². The van der Waals surface area contributed by atoms with E-state index in [-0.39, 0.29) is 69.6 Å². The number of aromatic hydroxyl groups is 1. The molecule has 1 heterocycles. The van der Waals surface area contributed by atoms with Crippen LogP contribution in [0.15, 0.2) is 129 Å². The van der Waals surface area contributed by atoms with Gasteiger partial charge in [-0.3, -0.25) is 18.5 Å². The number of hydrogen-bond acceptors (Lipinski definition) is 19. The maximum Gasteiger partial charge on any atom is 0.296 e. The number of amides is 1. The van der Waals surface area contributed by atoms with Gasteiger partial charge in [-0.2, -0.15) is 45.6 Å². The molecule has 1 amide bonds. The number of fused-ring (bicyclic) bond motifs is 1. The van der Waals surface area contributed by atoms with E-state index in [2.05, 4.69) is 35.8 Å². The van der Waals surface area contributed by atoms with E-state index in [1.165, 1.54) is 67.6 Å². The predicted octanol–water partition coefficient (Wildman–Crippen LogP) is 6.04. The van der Waals surface area contributed by atoms with Crippen molar-refractivity contribution in [2.24, 2.45) is 35.8 Å². The van der Waals surface area contributed by atoms with Crippen LogP contribution in [0, 0.1) is 6.92 Å². The SMILES string of the molecule is CC1=NN(c2ccc(S(=O)(=O)O)cc2)C(=O)C1/N=N/c1ccc2c(O)c(/N=N/c3cc(OCCO)c(/N=N/c4ccc(C)cc4S(=O)(=O)O)cc3OCCO)c(S(=O)(=O)O)cc2c1. The third-order valence-electron chi connectivity index (χ3n) is 8.73. The lowest BCUT2D eigenvalue weighted by Gasteiger charge is -2.13. The first-order valence-corrected chi connectivity index (χ1v) is 22.2. The molecule has 6 N–H and O–H groups in total. The van der Waals surface area contributed by atoms with Crippen LogP contribution < -0.4 is 14.5 Å². The number of anilines is 1. The van der Waals surface area contributed by atoms with Gasteiger partial charge >= 0.3 is 0 Å². The van der Waals surface area contributed by atoms with Crippen molar-refractivity contribution in [3.05, 3.63) is 84.4 Å². The number of aliphatic hydroxyl groups is 2. The Kier molecular flexibility index (Phi) is 13.4. The smallest absolute Gasteiger partial charge is 0.296 e. The van der Waals surface area contributed by atoms with Crippen LogP contribution in [-0.4, -0.2) is 98.3 Å². The summed E-state index contributed by atoms with van der Waals surface area (Å²) in [4.78, 5) is 11.4. The standard InChI is InChI=1S/C37H34N8O15S3/c1-20-3-10-27(32(15-20)62(53,54)55)39-40-28-18-31(60-14-12-47)29(19-30(28)59-13-11-46)41-43-35-33(63(56,57)58)17-22-16-23(4-9-26(22)36(35)48)38-42-34-21(2)44-45(37(34)49)24-5-7-25(8-6-24)61(50,51)52/h3-10,15-19,34,46-48H,11-14H2,1-2H3,(H,50,51,52)(H,53,54,55)(H,56,57,58)/b40-39+,42-38+,43-41+. The van der Waals surface area contributed by atoms with Crippen molar-refractivity contribution in [2.75, 3.05) is 31.4 Å². The van der Waals surface area contributed by atoms with Crippen LogP contribution in [-0.2, 0) is 35.1 Å². The molecule has 330 valence electrons. The largest absolute Gasteiger partial charge is 0.505 e. The minimum absolute atomic E-state index is 0.00403. The first-order valence-electron chi connectivity index (χ1n) is 17.9. The highest BCUT2D eigenvalue weighted by molar-refractivity contribution is 7.86. The van der Waals surface area contributed by atoms with Gasteiger partial charge in [-0.15, -0.1) is 20.5 Å². The van der Waals surface area contributed by atoms with E-state index in [1.54, 1.807) is 6.92 Å². The molecule has 63 heavy (non-hydrogen) atoms. The topological polar surface area (TPSA) is 349 Å². The lowest BCUT2D eigenvalue weighted by Crippen LogP contribution is -2.29. The second kappa shape index (κ2) is 18.4. The van der Waals surface area contributed by atoms with Crippen LogP contribution in [0.2, 0.25) is 0 Å². The molecule has 0 aromatic heterocycles. The van der Waals surface area contributed by atoms with E-state index in [0.717, 1.165) is 23.2 Å². The summed E-state index contributed by atoms with van der Waals surface area (Å²) in [5, 5.41) is 59.6. The average Bonchev–Trinajstić information content (AvgIpc) is 3.51. The number of carbonyl (C=O) groups excluding carboxylic acids is 1. The molecule has 1 aliphatic heterocycles. The molecule has 1 atom stereocenters. The molecule has 6 rings (SSSR count). The zero-order valence-electron chi connectivity index (χ0n) is 32.6. The molecule has 1 aliphatic rings. The minimum atomic E-state index is -5.14. The molecule has 0 aliphatic carbocycles. The van der Waals surface area contributed by atoms with Gasteiger partial charge in [-0.1, -0.05) is 6.07 Å². The molecule has 0 fully saturated rings. The van der Waals surface area contributed by atoms with Gasteiger partial charge in [0.1, 0.15) is 57.3 Å². The summed E-state index contributed by atoms with van der Waals surface area (Å²) < 4.78 is 113. The van der Waals surface area contributed by atoms with Crippen LogP contribution in [0.5, 0.6) is 17.2 Å². The highest BCUT2D eigenvalue weighted by Gasteiger charge is 2.35. The van der Waals surface area contributed by atoms with Crippen LogP contribution in [0.4, 0.5) is 34.1 Å². The summed E-state index contributed by atoms with van der Waals surface area (Å²) in [6.45, 7) is 1.52. The number of hydrogen-bond donors (Lipinski definition) is 6. The molecule has 0 spiro atoms. The second-order valence-corrected chi connectivity index (χ2v) is 17.4. The Bertz CT molecular complexity index is 3090. The summed E-state index contributed by atoms with van der Waals surface area (Å²) >= 11 is 0.